The van der Waals surface area contributed by atoms with Crippen molar-refractivity contribution in [3.63, 3.8) is 0 Å². The number of hydrogen-bond donors (Lipinski definition) is 3. The van der Waals surface area contributed by atoms with E-state index in [1.807, 2.05) is 0 Å². The number of rotatable bonds is 4. The third-order valence-corrected chi connectivity index (χ3v) is 4.71. The zero-order chi connectivity index (χ0) is 13.0. The van der Waals surface area contributed by atoms with Gasteiger partial charge in [-0.2, -0.15) is 0 Å². The highest BCUT2D eigenvalue weighted by molar-refractivity contribution is 5.79. The highest BCUT2D eigenvalue weighted by Crippen LogP contribution is 2.30. The zero-order valence-electron chi connectivity index (χ0n) is 11.1. The van der Waals surface area contributed by atoms with Crippen LogP contribution in [0.25, 0.3) is 0 Å². The first kappa shape index (κ1) is 13.8. The molecule has 0 radical (unpaired) electrons. The second-order valence-corrected chi connectivity index (χ2v) is 5.89. The zero-order valence-corrected chi connectivity index (χ0v) is 11.1. The topological polar surface area (TPSA) is 75.4 Å². The predicted molar refractivity (Wildman–Crippen MR) is 70.9 cm³/mol. The lowest BCUT2D eigenvalue weighted by molar-refractivity contribution is -0.127. The van der Waals surface area contributed by atoms with Crippen LogP contribution in [0.15, 0.2) is 0 Å². The number of carbonyl (C=O) groups is 1. The highest BCUT2D eigenvalue weighted by Gasteiger charge is 2.31. The van der Waals surface area contributed by atoms with E-state index in [0.29, 0.717) is 19.0 Å². The molecule has 2 saturated carbocycles. The molecule has 0 bridgehead atoms. The number of nitrogens with two attached hydrogens (primary N) is 1. The summed E-state index contributed by atoms with van der Waals surface area (Å²) in [6, 6.07) is 0. The second-order valence-electron chi connectivity index (χ2n) is 5.89. The maximum absolute atomic E-state index is 12.2. The molecule has 18 heavy (non-hydrogen) atoms. The Morgan fingerprint density at radius 2 is 1.83 bits per heavy atom. The Morgan fingerprint density at radius 3 is 2.50 bits per heavy atom. The van der Waals surface area contributed by atoms with Crippen LogP contribution in [0.1, 0.15) is 44.9 Å². The van der Waals surface area contributed by atoms with Crippen LogP contribution >= 0.6 is 0 Å². The quantitative estimate of drug-likeness (QED) is 0.701. The van der Waals surface area contributed by atoms with Crippen molar-refractivity contribution < 1.29 is 9.90 Å². The van der Waals surface area contributed by atoms with Crippen LogP contribution in [-0.2, 0) is 4.79 Å². The lowest BCUT2D eigenvalue weighted by Gasteiger charge is -2.30. The van der Waals surface area contributed by atoms with Crippen molar-refractivity contribution in [1.82, 2.24) is 5.32 Å². The molecule has 4 unspecified atom stereocenters. The monoisotopic (exact) mass is 254 g/mol. The largest absolute Gasteiger partial charge is 0.393 e. The Labute approximate surface area is 109 Å². The SMILES string of the molecule is NCC1CCCCC1C(=O)NCC1CCCC1O. The molecular weight excluding hydrogens is 228 g/mol. The molecule has 4 nitrogen and oxygen atoms in total. The van der Waals surface area contributed by atoms with Crippen LogP contribution < -0.4 is 11.1 Å². The minimum absolute atomic E-state index is 0.0993. The number of aliphatic hydroxyl groups is 1. The van der Waals surface area contributed by atoms with Gasteiger partial charge in [-0.15, -0.1) is 0 Å². The van der Waals surface area contributed by atoms with Gasteiger partial charge < -0.3 is 16.2 Å². The van der Waals surface area contributed by atoms with Gasteiger partial charge in [-0.1, -0.05) is 19.3 Å². The van der Waals surface area contributed by atoms with Crippen LogP contribution in [0.2, 0.25) is 0 Å². The summed E-state index contributed by atoms with van der Waals surface area (Å²) in [6.45, 7) is 1.25. The fraction of sp³-hybridized carbons (Fsp3) is 0.929. The maximum atomic E-state index is 12.2. The summed E-state index contributed by atoms with van der Waals surface area (Å²) in [4.78, 5) is 12.2. The van der Waals surface area contributed by atoms with E-state index in [9.17, 15) is 9.90 Å². The third kappa shape index (κ3) is 3.23. The first-order valence-corrected chi connectivity index (χ1v) is 7.38. The molecule has 4 atom stereocenters. The van der Waals surface area contributed by atoms with E-state index in [2.05, 4.69) is 5.32 Å². The molecule has 0 spiro atoms. The molecule has 2 fully saturated rings. The Kier molecular flexibility index (Phi) is 5.01. The van der Waals surface area contributed by atoms with Gasteiger partial charge in [0.2, 0.25) is 5.91 Å². The van der Waals surface area contributed by atoms with E-state index >= 15 is 0 Å². The molecular formula is C14H26N2O2. The van der Waals surface area contributed by atoms with Gasteiger partial charge >= 0.3 is 0 Å². The lowest BCUT2D eigenvalue weighted by atomic mass is 9.78. The number of aliphatic hydroxyl groups excluding tert-OH is 1. The first-order chi connectivity index (χ1) is 8.72. The van der Waals surface area contributed by atoms with Crippen LogP contribution in [0.3, 0.4) is 0 Å². The molecule has 4 heteroatoms. The van der Waals surface area contributed by atoms with Crippen molar-refractivity contribution >= 4 is 5.91 Å². The summed E-state index contributed by atoms with van der Waals surface area (Å²) in [6.07, 6.45) is 7.18. The van der Waals surface area contributed by atoms with Gasteiger partial charge in [0.15, 0.2) is 0 Å². The lowest BCUT2D eigenvalue weighted by Crippen LogP contribution is -2.41. The average molecular weight is 254 g/mol. The molecule has 1 amide bonds. The summed E-state index contributed by atoms with van der Waals surface area (Å²) < 4.78 is 0. The second kappa shape index (κ2) is 6.53. The molecule has 2 aliphatic rings. The maximum Gasteiger partial charge on any atom is 0.223 e. The number of hydrogen-bond acceptors (Lipinski definition) is 3. The van der Waals surface area contributed by atoms with Crippen molar-refractivity contribution in [2.45, 2.75) is 51.0 Å². The highest BCUT2D eigenvalue weighted by atomic mass is 16.3. The number of nitrogens with one attached hydrogen (secondary N) is 1. The van der Waals surface area contributed by atoms with Gasteiger partial charge in [0.25, 0.3) is 0 Å². The van der Waals surface area contributed by atoms with E-state index in [1.54, 1.807) is 0 Å². The molecule has 0 aliphatic heterocycles. The third-order valence-electron chi connectivity index (χ3n) is 4.71. The Balaban J connectivity index is 1.79. The molecule has 0 heterocycles. The molecule has 4 N–H and O–H groups in total. The van der Waals surface area contributed by atoms with Crippen molar-refractivity contribution in [3.05, 3.63) is 0 Å². The molecule has 104 valence electrons. The van der Waals surface area contributed by atoms with E-state index in [1.165, 1.54) is 6.42 Å². The normalized spacial score (nSPS) is 36.6. The molecule has 2 rings (SSSR count). The number of carbonyl (C=O) groups excluding carboxylic acids is 1. The van der Waals surface area contributed by atoms with Crippen LogP contribution in [-0.4, -0.2) is 30.2 Å². The Hall–Kier alpha value is -0.610. The Morgan fingerprint density at radius 1 is 1.11 bits per heavy atom. The molecule has 2 aliphatic carbocycles. The van der Waals surface area contributed by atoms with Crippen molar-refractivity contribution in [1.29, 1.82) is 0 Å². The molecule has 0 aromatic heterocycles. The van der Waals surface area contributed by atoms with Crippen molar-refractivity contribution in [2.24, 2.45) is 23.5 Å². The predicted octanol–water partition coefficient (Wildman–Crippen LogP) is 1.03. The minimum atomic E-state index is -0.220. The van der Waals surface area contributed by atoms with Gasteiger partial charge in [-0.25, -0.2) is 0 Å². The summed E-state index contributed by atoms with van der Waals surface area (Å²) in [7, 11) is 0. The van der Waals surface area contributed by atoms with Crippen molar-refractivity contribution in [3.8, 4) is 0 Å². The summed E-state index contributed by atoms with van der Waals surface area (Å²) in [5.74, 6) is 0.868. The van der Waals surface area contributed by atoms with E-state index in [0.717, 1.165) is 38.5 Å². The summed E-state index contributed by atoms with van der Waals surface area (Å²) in [5.41, 5.74) is 5.75. The molecule has 0 aromatic carbocycles. The van der Waals surface area contributed by atoms with Crippen LogP contribution in [0, 0.1) is 17.8 Å². The van der Waals surface area contributed by atoms with E-state index in [-0.39, 0.29) is 23.8 Å². The van der Waals surface area contributed by atoms with Crippen LogP contribution in [0.4, 0.5) is 0 Å². The van der Waals surface area contributed by atoms with Crippen LogP contribution in [0.5, 0.6) is 0 Å². The minimum Gasteiger partial charge on any atom is -0.393 e. The fourth-order valence-corrected chi connectivity index (χ4v) is 3.45. The van der Waals surface area contributed by atoms with Gasteiger partial charge in [0, 0.05) is 18.4 Å². The summed E-state index contributed by atoms with van der Waals surface area (Å²) >= 11 is 0. The van der Waals surface area contributed by atoms with Gasteiger partial charge in [0.1, 0.15) is 0 Å². The molecule has 0 saturated heterocycles. The van der Waals surface area contributed by atoms with Gasteiger partial charge in [-0.05, 0) is 38.1 Å². The van der Waals surface area contributed by atoms with Crippen molar-refractivity contribution in [2.75, 3.05) is 13.1 Å². The first-order valence-electron chi connectivity index (χ1n) is 7.38. The van der Waals surface area contributed by atoms with Gasteiger partial charge in [-0.3, -0.25) is 4.79 Å². The van der Waals surface area contributed by atoms with E-state index < -0.39 is 0 Å². The average Bonchev–Trinajstić information content (AvgIpc) is 2.81. The van der Waals surface area contributed by atoms with Gasteiger partial charge in [0.05, 0.1) is 6.10 Å². The standard InChI is InChI=1S/C14H26N2O2/c15-8-10-4-1-2-6-12(10)14(18)16-9-11-5-3-7-13(11)17/h10-13,17H,1-9,15H2,(H,16,18). The fourth-order valence-electron chi connectivity index (χ4n) is 3.45. The number of amides is 1. The molecule has 0 aromatic rings. The Bertz CT molecular complexity index is 283. The summed E-state index contributed by atoms with van der Waals surface area (Å²) in [5, 5.41) is 12.8. The van der Waals surface area contributed by atoms with E-state index in [4.69, 9.17) is 5.73 Å². The smallest absolute Gasteiger partial charge is 0.223 e.